The van der Waals surface area contributed by atoms with Crippen LogP contribution in [0.4, 0.5) is 5.69 Å². The molecule has 154 valence electrons. The Kier molecular flexibility index (Phi) is 5.13. The summed E-state index contributed by atoms with van der Waals surface area (Å²) in [5, 5.41) is 3.44. The Hall–Kier alpha value is -3.46. The average molecular weight is 425 g/mol. The summed E-state index contributed by atoms with van der Waals surface area (Å²) < 4.78 is 32.7. The van der Waals surface area contributed by atoms with E-state index in [9.17, 15) is 18.0 Å². The van der Waals surface area contributed by atoms with E-state index in [2.05, 4.69) is 15.0 Å². The molecule has 0 radical (unpaired) electrons. The van der Waals surface area contributed by atoms with Gasteiger partial charge in [0.2, 0.25) is 5.91 Å². The van der Waals surface area contributed by atoms with Gasteiger partial charge in [0.1, 0.15) is 5.75 Å². The van der Waals surface area contributed by atoms with Crippen molar-refractivity contribution in [3.8, 4) is 5.75 Å². The fourth-order valence-electron chi connectivity index (χ4n) is 3.31. The quantitative estimate of drug-likeness (QED) is 0.664. The maximum absolute atomic E-state index is 12.7. The maximum atomic E-state index is 12.7. The van der Waals surface area contributed by atoms with Gasteiger partial charge in [-0.1, -0.05) is 0 Å². The molecule has 30 heavy (non-hydrogen) atoms. The van der Waals surface area contributed by atoms with Gasteiger partial charge >= 0.3 is 0 Å². The first-order valence-electron chi connectivity index (χ1n) is 9.29. The van der Waals surface area contributed by atoms with Crippen molar-refractivity contribution in [3.63, 3.8) is 0 Å². The van der Waals surface area contributed by atoms with Gasteiger partial charge in [0.25, 0.3) is 15.9 Å². The summed E-state index contributed by atoms with van der Waals surface area (Å²) in [5.74, 6) is -0.239. The number of rotatable bonds is 4. The minimum Gasteiger partial charge on any atom is -0.497 e. The van der Waals surface area contributed by atoms with E-state index in [1.807, 2.05) is 0 Å². The minimum atomic E-state index is -4.09. The third kappa shape index (κ3) is 3.97. The number of aryl methyl sites for hydroxylation is 1. The zero-order valence-electron chi connectivity index (χ0n) is 16.1. The number of amides is 2. The summed E-state index contributed by atoms with van der Waals surface area (Å²) >= 11 is 0. The van der Waals surface area contributed by atoms with Crippen LogP contribution in [-0.2, 0) is 21.2 Å². The van der Waals surface area contributed by atoms with Crippen LogP contribution >= 0.6 is 0 Å². The Balaban J connectivity index is 1.58. The third-order valence-corrected chi connectivity index (χ3v) is 6.22. The number of methoxy groups -OCH3 is 1. The summed E-state index contributed by atoms with van der Waals surface area (Å²) in [7, 11) is -2.54. The first kappa shape index (κ1) is 19.8. The summed E-state index contributed by atoms with van der Waals surface area (Å²) in [4.78, 5) is 28.4. The van der Waals surface area contributed by atoms with Crippen LogP contribution in [0.3, 0.4) is 0 Å². The number of hydrogen-bond donors (Lipinski definition) is 2. The van der Waals surface area contributed by atoms with Crippen LogP contribution in [0.25, 0.3) is 10.9 Å². The second-order valence-electron chi connectivity index (χ2n) is 6.94. The van der Waals surface area contributed by atoms with Crippen molar-refractivity contribution in [1.29, 1.82) is 0 Å². The zero-order chi connectivity index (χ0) is 21.3. The molecule has 0 atom stereocenters. The molecule has 9 heteroatoms. The topological polar surface area (TPSA) is 114 Å². The van der Waals surface area contributed by atoms with Gasteiger partial charge < -0.3 is 10.1 Å². The first-order valence-corrected chi connectivity index (χ1v) is 10.8. The first-order chi connectivity index (χ1) is 14.4. The SMILES string of the molecule is COc1ccc2cc(C(=O)NS(=O)(=O)c3ccc4c(c3)CCCC(=O)N4)cnc2c1. The smallest absolute Gasteiger partial charge is 0.266 e. The number of carbonyl (C=O) groups excluding carboxylic acids is 2. The molecule has 3 aromatic rings. The van der Waals surface area contributed by atoms with Gasteiger partial charge in [-0.25, -0.2) is 13.1 Å². The molecular formula is C21H19N3O5S. The van der Waals surface area contributed by atoms with Gasteiger partial charge in [0, 0.05) is 29.8 Å². The molecule has 0 fully saturated rings. The summed E-state index contributed by atoms with van der Waals surface area (Å²) in [6.07, 6.45) is 2.90. The van der Waals surface area contributed by atoms with Crippen molar-refractivity contribution in [1.82, 2.24) is 9.71 Å². The number of sulfonamides is 1. The second kappa shape index (κ2) is 7.75. The fraction of sp³-hybridized carbons (Fsp3) is 0.190. The van der Waals surface area contributed by atoms with Gasteiger partial charge in [-0.15, -0.1) is 0 Å². The number of ether oxygens (including phenoxy) is 1. The van der Waals surface area contributed by atoms with Gasteiger partial charge in [-0.3, -0.25) is 14.6 Å². The number of anilines is 1. The number of hydrogen-bond acceptors (Lipinski definition) is 6. The Morgan fingerprint density at radius 1 is 1.13 bits per heavy atom. The highest BCUT2D eigenvalue weighted by Gasteiger charge is 2.22. The molecule has 0 aliphatic carbocycles. The van der Waals surface area contributed by atoms with E-state index < -0.39 is 15.9 Å². The van der Waals surface area contributed by atoms with Crippen LogP contribution in [-0.4, -0.2) is 32.3 Å². The number of nitrogens with zero attached hydrogens (tertiary/aromatic N) is 1. The monoisotopic (exact) mass is 425 g/mol. The largest absolute Gasteiger partial charge is 0.497 e. The highest BCUT2D eigenvalue weighted by Crippen LogP contribution is 2.25. The average Bonchev–Trinajstić information content (AvgIpc) is 2.92. The molecule has 2 N–H and O–H groups in total. The Labute approximate surface area is 173 Å². The van der Waals surface area contributed by atoms with Crippen molar-refractivity contribution in [2.45, 2.75) is 24.2 Å². The standard InChI is InChI=1S/C21H19N3O5S/c1-29-16-6-5-14-9-15(12-22-19(14)11-16)21(26)24-30(27,28)17-7-8-18-13(10-17)3-2-4-20(25)23-18/h5-12H,2-4H2,1H3,(H,23,25)(H,24,26). The fourth-order valence-corrected chi connectivity index (χ4v) is 4.33. The maximum Gasteiger partial charge on any atom is 0.266 e. The lowest BCUT2D eigenvalue weighted by molar-refractivity contribution is -0.116. The lowest BCUT2D eigenvalue weighted by Gasteiger charge is -2.11. The number of aromatic nitrogens is 1. The molecule has 2 heterocycles. The van der Waals surface area contributed by atoms with Crippen molar-refractivity contribution in [2.24, 2.45) is 0 Å². The molecule has 0 spiro atoms. The zero-order valence-corrected chi connectivity index (χ0v) is 17.0. The minimum absolute atomic E-state index is 0.0377. The number of nitrogens with one attached hydrogen (secondary N) is 2. The Morgan fingerprint density at radius 2 is 1.97 bits per heavy atom. The Bertz CT molecular complexity index is 1270. The number of carbonyl (C=O) groups is 2. The van der Waals surface area contributed by atoms with E-state index in [0.29, 0.717) is 41.6 Å². The van der Waals surface area contributed by atoms with Crippen molar-refractivity contribution < 1.29 is 22.7 Å². The van der Waals surface area contributed by atoms with Crippen LogP contribution in [0.15, 0.2) is 53.6 Å². The summed E-state index contributed by atoms with van der Waals surface area (Å²) in [6.45, 7) is 0. The van der Waals surface area contributed by atoms with E-state index in [4.69, 9.17) is 4.74 Å². The van der Waals surface area contributed by atoms with Crippen LogP contribution < -0.4 is 14.8 Å². The predicted octanol–water partition coefficient (Wildman–Crippen LogP) is 2.64. The molecule has 0 saturated carbocycles. The summed E-state index contributed by atoms with van der Waals surface area (Å²) in [5.41, 5.74) is 2.06. The second-order valence-corrected chi connectivity index (χ2v) is 8.62. The van der Waals surface area contributed by atoms with Crippen LogP contribution in [0.2, 0.25) is 0 Å². The van der Waals surface area contributed by atoms with Gasteiger partial charge in [0.15, 0.2) is 0 Å². The molecule has 0 saturated heterocycles. The number of pyridine rings is 1. The van der Waals surface area contributed by atoms with Crippen molar-refractivity contribution in [3.05, 3.63) is 59.8 Å². The third-order valence-electron chi connectivity index (χ3n) is 4.89. The van der Waals surface area contributed by atoms with Crippen LogP contribution in [0.5, 0.6) is 5.75 Å². The number of benzene rings is 2. The molecule has 2 aromatic carbocycles. The lowest BCUT2D eigenvalue weighted by Crippen LogP contribution is -2.30. The highest BCUT2D eigenvalue weighted by atomic mass is 32.2. The highest BCUT2D eigenvalue weighted by molar-refractivity contribution is 7.90. The van der Waals surface area contributed by atoms with E-state index >= 15 is 0 Å². The Morgan fingerprint density at radius 3 is 2.77 bits per heavy atom. The van der Waals surface area contributed by atoms with Crippen LogP contribution in [0, 0.1) is 0 Å². The summed E-state index contributed by atoms with van der Waals surface area (Å²) in [6, 6.07) is 11.2. The van der Waals surface area contributed by atoms with Gasteiger partial charge in [-0.2, -0.15) is 0 Å². The molecule has 0 bridgehead atoms. The van der Waals surface area contributed by atoms with Gasteiger partial charge in [-0.05, 0) is 54.8 Å². The molecule has 1 aliphatic heterocycles. The molecule has 0 unspecified atom stereocenters. The van der Waals surface area contributed by atoms with E-state index in [0.717, 1.165) is 5.56 Å². The predicted molar refractivity (Wildman–Crippen MR) is 111 cm³/mol. The molecule has 2 amide bonds. The number of fused-ring (bicyclic) bond motifs is 2. The van der Waals surface area contributed by atoms with E-state index in [1.54, 1.807) is 37.4 Å². The van der Waals surface area contributed by atoms with E-state index in [1.165, 1.54) is 18.3 Å². The normalized spacial score (nSPS) is 13.8. The molecule has 1 aliphatic rings. The van der Waals surface area contributed by atoms with Gasteiger partial charge in [0.05, 0.1) is 23.1 Å². The molecule has 4 rings (SSSR count). The molecule has 1 aromatic heterocycles. The van der Waals surface area contributed by atoms with Crippen LogP contribution in [0.1, 0.15) is 28.8 Å². The van der Waals surface area contributed by atoms with Crippen molar-refractivity contribution in [2.75, 3.05) is 12.4 Å². The molecular weight excluding hydrogens is 406 g/mol. The molecule has 8 nitrogen and oxygen atoms in total. The lowest BCUT2D eigenvalue weighted by atomic mass is 10.1. The van der Waals surface area contributed by atoms with Crippen molar-refractivity contribution >= 4 is 38.4 Å². The van der Waals surface area contributed by atoms with E-state index in [-0.39, 0.29) is 16.4 Å².